The number of carbonyl (C=O) groups excluding carboxylic acids is 1. The highest BCUT2D eigenvalue weighted by atomic mass is 32.2. The average Bonchev–Trinajstić information content (AvgIpc) is 2.59. The second kappa shape index (κ2) is 8.78. The van der Waals surface area contributed by atoms with Crippen LogP contribution in [0.3, 0.4) is 0 Å². The molecule has 1 amide bonds. The van der Waals surface area contributed by atoms with E-state index in [4.69, 9.17) is 0 Å². The molecule has 2 aromatic carbocycles. The van der Waals surface area contributed by atoms with E-state index in [1.54, 1.807) is 12.1 Å². The van der Waals surface area contributed by atoms with Crippen molar-refractivity contribution >= 4 is 21.6 Å². The van der Waals surface area contributed by atoms with Crippen LogP contribution in [-0.4, -0.2) is 26.6 Å². The molecule has 0 aliphatic heterocycles. The van der Waals surface area contributed by atoms with Crippen LogP contribution in [0.1, 0.15) is 48.6 Å². The molecule has 0 aliphatic carbocycles. The van der Waals surface area contributed by atoms with E-state index in [1.165, 1.54) is 4.31 Å². The van der Waals surface area contributed by atoms with Crippen LogP contribution in [0.15, 0.2) is 42.5 Å². The maximum absolute atomic E-state index is 13.0. The lowest BCUT2D eigenvalue weighted by Crippen LogP contribution is -2.49. The van der Waals surface area contributed by atoms with Gasteiger partial charge < -0.3 is 5.32 Å². The molecule has 0 saturated carbocycles. The first-order valence-corrected chi connectivity index (χ1v) is 11.3. The number of anilines is 1. The fourth-order valence-corrected chi connectivity index (χ4v) is 4.66. The fraction of sp³-hybridized carbons (Fsp3) is 0.409. The molecule has 0 saturated heterocycles. The van der Waals surface area contributed by atoms with Crippen molar-refractivity contribution < 1.29 is 13.2 Å². The summed E-state index contributed by atoms with van der Waals surface area (Å²) >= 11 is 0. The van der Waals surface area contributed by atoms with Gasteiger partial charge in [0, 0.05) is 0 Å². The molecule has 0 unspecified atom stereocenters. The average molecular weight is 403 g/mol. The fourth-order valence-electron chi connectivity index (χ4n) is 3.45. The Morgan fingerprint density at radius 1 is 1.04 bits per heavy atom. The lowest BCUT2D eigenvalue weighted by Gasteiger charge is -2.31. The quantitative estimate of drug-likeness (QED) is 0.760. The Morgan fingerprint density at radius 3 is 2.11 bits per heavy atom. The lowest BCUT2D eigenvalue weighted by molar-refractivity contribution is -0.122. The summed E-state index contributed by atoms with van der Waals surface area (Å²) in [5, 5.41) is 3.00. The van der Waals surface area contributed by atoms with Gasteiger partial charge in [-0.3, -0.25) is 9.10 Å². The SMILES string of the molecule is CC[C@@H](C(=O)N[C@@H](C)c1ccc(C)cc1C)N(c1ccc(C)cc1)S(C)(=O)=O. The second-order valence-electron chi connectivity index (χ2n) is 7.41. The van der Waals surface area contributed by atoms with Crippen LogP contribution in [0.4, 0.5) is 5.69 Å². The first-order chi connectivity index (χ1) is 13.0. The topological polar surface area (TPSA) is 66.5 Å². The van der Waals surface area contributed by atoms with Crippen molar-refractivity contribution in [1.82, 2.24) is 5.32 Å². The summed E-state index contributed by atoms with van der Waals surface area (Å²) in [6.45, 7) is 9.71. The Kier molecular flexibility index (Phi) is 6.88. The molecule has 5 nitrogen and oxygen atoms in total. The molecule has 0 spiro atoms. The molecule has 2 atom stereocenters. The standard InChI is InChI=1S/C22H30N2O3S/c1-7-21(24(28(6,26)27)19-11-8-15(2)9-12-19)22(25)23-18(5)20-13-10-16(3)14-17(20)4/h8-14,18,21H,7H2,1-6H3,(H,23,25)/t18-,21-/m0/s1. The molecule has 2 rings (SSSR count). The van der Waals surface area contributed by atoms with Crippen LogP contribution >= 0.6 is 0 Å². The molecule has 1 N–H and O–H groups in total. The summed E-state index contributed by atoms with van der Waals surface area (Å²) in [6.07, 6.45) is 1.50. The normalized spacial score (nSPS) is 13.6. The maximum Gasteiger partial charge on any atom is 0.244 e. The van der Waals surface area contributed by atoms with Crippen LogP contribution in [0.5, 0.6) is 0 Å². The summed E-state index contributed by atoms with van der Waals surface area (Å²) in [7, 11) is -3.63. The third kappa shape index (κ3) is 5.13. The van der Waals surface area contributed by atoms with E-state index in [1.807, 2.05) is 58.9 Å². The monoisotopic (exact) mass is 402 g/mol. The summed E-state index contributed by atoms with van der Waals surface area (Å²) in [4.78, 5) is 13.0. The molecule has 152 valence electrons. The van der Waals surface area contributed by atoms with Gasteiger partial charge >= 0.3 is 0 Å². The molecular weight excluding hydrogens is 372 g/mol. The molecule has 6 heteroatoms. The van der Waals surface area contributed by atoms with E-state index in [-0.39, 0.29) is 11.9 Å². The van der Waals surface area contributed by atoms with Crippen molar-refractivity contribution in [2.24, 2.45) is 0 Å². The van der Waals surface area contributed by atoms with Gasteiger partial charge in [-0.05, 0) is 57.4 Å². The van der Waals surface area contributed by atoms with Crippen molar-refractivity contribution in [1.29, 1.82) is 0 Å². The number of hydrogen-bond acceptors (Lipinski definition) is 3. The van der Waals surface area contributed by atoms with E-state index in [0.717, 1.165) is 28.5 Å². The van der Waals surface area contributed by atoms with E-state index < -0.39 is 16.1 Å². The third-order valence-corrected chi connectivity index (χ3v) is 6.05. The molecule has 0 radical (unpaired) electrons. The van der Waals surface area contributed by atoms with Crippen LogP contribution in [0.2, 0.25) is 0 Å². The number of carbonyl (C=O) groups is 1. The molecule has 28 heavy (non-hydrogen) atoms. The minimum Gasteiger partial charge on any atom is -0.348 e. The first kappa shape index (κ1) is 22.0. The van der Waals surface area contributed by atoms with Crippen LogP contribution in [0.25, 0.3) is 0 Å². The van der Waals surface area contributed by atoms with Crippen molar-refractivity contribution in [3.05, 3.63) is 64.7 Å². The number of sulfonamides is 1. The first-order valence-electron chi connectivity index (χ1n) is 9.48. The molecule has 0 aromatic heterocycles. The minimum atomic E-state index is -3.63. The number of hydrogen-bond donors (Lipinski definition) is 1. The zero-order valence-corrected chi connectivity index (χ0v) is 18.3. The summed E-state index contributed by atoms with van der Waals surface area (Å²) < 4.78 is 26.2. The van der Waals surface area contributed by atoms with Gasteiger partial charge in [-0.1, -0.05) is 48.4 Å². The van der Waals surface area contributed by atoms with Crippen molar-refractivity contribution in [3.63, 3.8) is 0 Å². The Hall–Kier alpha value is -2.34. The molecule has 0 bridgehead atoms. The largest absolute Gasteiger partial charge is 0.348 e. The second-order valence-corrected chi connectivity index (χ2v) is 9.27. The van der Waals surface area contributed by atoms with Crippen LogP contribution < -0.4 is 9.62 Å². The van der Waals surface area contributed by atoms with Gasteiger partial charge in [-0.25, -0.2) is 8.42 Å². The summed E-state index contributed by atoms with van der Waals surface area (Å²) in [6, 6.07) is 12.2. The highest BCUT2D eigenvalue weighted by molar-refractivity contribution is 7.92. The predicted octanol–water partition coefficient (Wildman–Crippen LogP) is 4.03. The van der Waals surface area contributed by atoms with Crippen LogP contribution in [-0.2, 0) is 14.8 Å². The lowest BCUT2D eigenvalue weighted by atomic mass is 10.00. The van der Waals surface area contributed by atoms with Crippen molar-refractivity contribution in [2.45, 2.75) is 53.1 Å². The molecular formula is C22H30N2O3S. The number of benzene rings is 2. The Labute approximate surface area is 168 Å². The van der Waals surface area contributed by atoms with Gasteiger partial charge in [0.2, 0.25) is 15.9 Å². The van der Waals surface area contributed by atoms with Gasteiger partial charge in [0.1, 0.15) is 6.04 Å². The van der Waals surface area contributed by atoms with Crippen molar-refractivity contribution in [2.75, 3.05) is 10.6 Å². The zero-order chi connectivity index (χ0) is 21.1. The van der Waals surface area contributed by atoms with Crippen LogP contribution in [0, 0.1) is 20.8 Å². The minimum absolute atomic E-state index is 0.221. The van der Waals surface area contributed by atoms with Gasteiger partial charge in [0.25, 0.3) is 0 Å². The number of nitrogens with one attached hydrogen (secondary N) is 1. The number of nitrogens with zero attached hydrogens (tertiary/aromatic N) is 1. The van der Waals surface area contributed by atoms with Crippen molar-refractivity contribution in [3.8, 4) is 0 Å². The Bertz CT molecular complexity index is 937. The molecule has 2 aromatic rings. The van der Waals surface area contributed by atoms with E-state index in [2.05, 4.69) is 11.4 Å². The third-order valence-electron chi connectivity index (χ3n) is 4.87. The molecule has 0 heterocycles. The van der Waals surface area contributed by atoms with E-state index >= 15 is 0 Å². The Balaban J connectivity index is 2.32. The Morgan fingerprint density at radius 2 is 1.61 bits per heavy atom. The highest BCUT2D eigenvalue weighted by Crippen LogP contribution is 2.24. The highest BCUT2D eigenvalue weighted by Gasteiger charge is 2.32. The maximum atomic E-state index is 13.0. The van der Waals surface area contributed by atoms with Gasteiger partial charge in [0.15, 0.2) is 0 Å². The van der Waals surface area contributed by atoms with E-state index in [0.29, 0.717) is 12.1 Å². The number of rotatable bonds is 7. The predicted molar refractivity (Wildman–Crippen MR) is 115 cm³/mol. The molecule has 0 aliphatic rings. The van der Waals surface area contributed by atoms with Gasteiger partial charge in [-0.2, -0.15) is 0 Å². The summed E-state index contributed by atoms with van der Waals surface area (Å²) in [5.41, 5.74) is 4.80. The molecule has 0 fully saturated rings. The van der Waals surface area contributed by atoms with Gasteiger partial charge in [0.05, 0.1) is 18.0 Å². The summed E-state index contributed by atoms with van der Waals surface area (Å²) in [5.74, 6) is -0.305. The number of amides is 1. The zero-order valence-electron chi connectivity index (χ0n) is 17.5. The number of aryl methyl sites for hydroxylation is 3. The smallest absolute Gasteiger partial charge is 0.244 e. The van der Waals surface area contributed by atoms with E-state index in [9.17, 15) is 13.2 Å². The van der Waals surface area contributed by atoms with Gasteiger partial charge in [-0.15, -0.1) is 0 Å².